The van der Waals surface area contributed by atoms with E-state index in [-0.39, 0.29) is 0 Å². The molecule has 1 heterocycles. The maximum Gasteiger partial charge on any atom is 0.489 e. The van der Waals surface area contributed by atoms with Crippen LogP contribution in [0.3, 0.4) is 0 Å². The highest BCUT2D eigenvalue weighted by atomic mass is 32.1. The van der Waals surface area contributed by atoms with E-state index >= 15 is 0 Å². The number of hydrogen-bond acceptors (Lipinski definition) is 3. The van der Waals surface area contributed by atoms with Crippen LogP contribution in [0.25, 0.3) is 10.4 Å². The summed E-state index contributed by atoms with van der Waals surface area (Å²) < 4.78 is 0. The first-order valence-corrected chi connectivity index (χ1v) is 4.49. The van der Waals surface area contributed by atoms with Gasteiger partial charge in [0.05, 0.1) is 0 Å². The highest BCUT2D eigenvalue weighted by molar-refractivity contribution is 7.14. The van der Waals surface area contributed by atoms with Crippen molar-refractivity contribution in [3.8, 4) is 10.4 Å². The molecule has 2 nitrogen and oxygen atoms in total. The molecule has 0 aromatic heterocycles. The van der Waals surface area contributed by atoms with Crippen molar-refractivity contribution in [3.63, 3.8) is 0 Å². The standard InChI is InChI=1S/C8H7BO2S/c10-9(11)7-4-3-6-2-1-5-12-8(6)7/h1-5,10-11H. The summed E-state index contributed by atoms with van der Waals surface area (Å²) >= 11 is 1.52. The van der Waals surface area contributed by atoms with Gasteiger partial charge in [0.15, 0.2) is 0 Å². The molecule has 0 radical (unpaired) electrons. The van der Waals surface area contributed by atoms with Crippen LogP contribution in [0, 0.1) is 0 Å². The van der Waals surface area contributed by atoms with Crippen LogP contribution in [-0.4, -0.2) is 17.2 Å². The average Bonchev–Trinajstić information content (AvgIpc) is 2.47. The van der Waals surface area contributed by atoms with Crippen LogP contribution in [-0.2, 0) is 0 Å². The Morgan fingerprint density at radius 1 is 1.17 bits per heavy atom. The molecule has 2 aliphatic rings. The minimum absolute atomic E-state index is 0.593. The Labute approximate surface area is 74.6 Å². The molecule has 1 aliphatic carbocycles. The first-order chi connectivity index (χ1) is 5.79. The fourth-order valence-electron chi connectivity index (χ4n) is 1.22. The van der Waals surface area contributed by atoms with Crippen LogP contribution in [0.5, 0.6) is 0 Å². The van der Waals surface area contributed by atoms with Gasteiger partial charge in [0.1, 0.15) is 0 Å². The zero-order valence-corrected chi connectivity index (χ0v) is 7.08. The van der Waals surface area contributed by atoms with Gasteiger partial charge in [0.2, 0.25) is 0 Å². The first kappa shape index (κ1) is 7.80. The normalized spacial score (nSPS) is 10.5. The zero-order chi connectivity index (χ0) is 8.55. The van der Waals surface area contributed by atoms with Crippen LogP contribution in [0.2, 0.25) is 0 Å². The van der Waals surface area contributed by atoms with E-state index in [0.717, 1.165) is 10.4 Å². The second kappa shape index (κ2) is 2.90. The van der Waals surface area contributed by atoms with Crippen molar-refractivity contribution in [1.29, 1.82) is 0 Å². The van der Waals surface area contributed by atoms with Crippen LogP contribution in [0.4, 0.5) is 0 Å². The summed E-state index contributed by atoms with van der Waals surface area (Å²) in [4.78, 5) is 0.951. The lowest BCUT2D eigenvalue weighted by atomic mass is 9.81. The largest absolute Gasteiger partial charge is 0.489 e. The predicted molar refractivity (Wildman–Crippen MR) is 50.8 cm³/mol. The Balaban J connectivity index is 2.60. The lowest BCUT2D eigenvalue weighted by molar-refractivity contribution is 0.426. The lowest BCUT2D eigenvalue weighted by Crippen LogP contribution is -2.29. The molecular weight excluding hydrogens is 171 g/mol. The molecule has 0 aromatic rings. The monoisotopic (exact) mass is 178 g/mol. The summed E-state index contributed by atoms with van der Waals surface area (Å²) in [6.45, 7) is 0. The lowest BCUT2D eigenvalue weighted by Gasteiger charge is -2.00. The molecule has 4 heteroatoms. The van der Waals surface area contributed by atoms with E-state index in [1.54, 1.807) is 6.07 Å². The molecule has 0 bridgehead atoms. The highest BCUT2D eigenvalue weighted by Gasteiger charge is 2.19. The van der Waals surface area contributed by atoms with Gasteiger partial charge in [0.25, 0.3) is 0 Å². The van der Waals surface area contributed by atoms with Gasteiger partial charge in [-0.05, 0) is 16.4 Å². The summed E-state index contributed by atoms with van der Waals surface area (Å²) in [6, 6.07) is 7.53. The van der Waals surface area contributed by atoms with E-state index in [4.69, 9.17) is 10.0 Å². The van der Waals surface area contributed by atoms with E-state index in [0.29, 0.717) is 5.46 Å². The van der Waals surface area contributed by atoms with Gasteiger partial charge >= 0.3 is 7.12 Å². The van der Waals surface area contributed by atoms with Crippen LogP contribution in [0.1, 0.15) is 0 Å². The van der Waals surface area contributed by atoms with Crippen molar-refractivity contribution in [3.05, 3.63) is 29.6 Å². The topological polar surface area (TPSA) is 40.5 Å². The van der Waals surface area contributed by atoms with E-state index in [1.165, 1.54) is 11.3 Å². The minimum Gasteiger partial charge on any atom is -0.423 e. The molecule has 0 amide bonds. The van der Waals surface area contributed by atoms with Gasteiger partial charge in [-0.2, -0.15) is 0 Å². The maximum atomic E-state index is 8.97. The van der Waals surface area contributed by atoms with E-state index in [2.05, 4.69) is 0 Å². The molecule has 0 unspecified atom stereocenters. The molecule has 0 spiro atoms. The van der Waals surface area contributed by atoms with Crippen LogP contribution < -0.4 is 5.46 Å². The quantitative estimate of drug-likeness (QED) is 0.625. The molecule has 1 aliphatic heterocycles. The predicted octanol–water partition coefficient (Wildman–Crippen LogP) is 0.533. The van der Waals surface area contributed by atoms with E-state index < -0.39 is 7.12 Å². The van der Waals surface area contributed by atoms with Gasteiger partial charge < -0.3 is 10.0 Å². The van der Waals surface area contributed by atoms with Crippen molar-refractivity contribution >= 4 is 23.9 Å². The summed E-state index contributed by atoms with van der Waals surface area (Å²) in [5.41, 5.74) is 1.65. The molecule has 0 aromatic carbocycles. The molecule has 0 saturated heterocycles. The van der Waals surface area contributed by atoms with E-state index in [9.17, 15) is 0 Å². The van der Waals surface area contributed by atoms with E-state index in [1.807, 2.05) is 23.6 Å². The smallest absolute Gasteiger partial charge is 0.423 e. The number of rotatable bonds is 1. The molecule has 0 atom stereocenters. The second-order valence-electron chi connectivity index (χ2n) is 2.56. The maximum absolute atomic E-state index is 8.97. The number of hydrogen-bond donors (Lipinski definition) is 2. The minimum atomic E-state index is -1.36. The fraction of sp³-hybridized carbons (Fsp3) is 0. The Morgan fingerprint density at radius 2 is 2.00 bits per heavy atom. The number of fused-ring (bicyclic) bond motifs is 1. The van der Waals surface area contributed by atoms with Crippen LogP contribution >= 0.6 is 11.3 Å². The molecule has 2 N–H and O–H groups in total. The summed E-state index contributed by atoms with van der Waals surface area (Å²) in [7, 11) is -1.36. The van der Waals surface area contributed by atoms with Gasteiger partial charge in [-0.25, -0.2) is 0 Å². The Morgan fingerprint density at radius 3 is 2.75 bits per heavy atom. The first-order valence-electron chi connectivity index (χ1n) is 3.61. The van der Waals surface area contributed by atoms with Crippen molar-refractivity contribution in [2.45, 2.75) is 0 Å². The van der Waals surface area contributed by atoms with Crippen molar-refractivity contribution in [1.82, 2.24) is 0 Å². The van der Waals surface area contributed by atoms with Gasteiger partial charge in [-0.15, -0.1) is 11.3 Å². The third-order valence-electron chi connectivity index (χ3n) is 1.79. The van der Waals surface area contributed by atoms with Gasteiger partial charge in [-0.3, -0.25) is 0 Å². The Hall–Kier alpha value is -0.835. The molecular formula is C8H7BO2S. The second-order valence-corrected chi connectivity index (χ2v) is 3.48. The van der Waals surface area contributed by atoms with Crippen molar-refractivity contribution in [2.24, 2.45) is 0 Å². The Kier molecular flexibility index (Phi) is 1.88. The van der Waals surface area contributed by atoms with Crippen molar-refractivity contribution < 1.29 is 10.0 Å². The summed E-state index contributed by atoms with van der Waals surface area (Å²) in [5, 5.41) is 19.9. The SMILES string of the molecule is OB(O)c1ccc2cccsc1-2. The fourth-order valence-corrected chi connectivity index (χ4v) is 2.09. The van der Waals surface area contributed by atoms with Crippen LogP contribution in [0.15, 0.2) is 29.6 Å². The zero-order valence-electron chi connectivity index (χ0n) is 6.27. The van der Waals surface area contributed by atoms with Crippen molar-refractivity contribution in [2.75, 3.05) is 0 Å². The van der Waals surface area contributed by atoms with Gasteiger partial charge in [0, 0.05) is 4.88 Å². The molecule has 2 rings (SSSR count). The van der Waals surface area contributed by atoms with Gasteiger partial charge in [-0.1, -0.05) is 24.3 Å². The molecule has 0 saturated carbocycles. The Bertz CT molecular complexity index is 358. The molecule has 60 valence electrons. The summed E-state index contributed by atoms with van der Waals surface area (Å²) in [5.74, 6) is 0. The molecule has 12 heavy (non-hydrogen) atoms. The third kappa shape index (κ3) is 1.14. The average molecular weight is 178 g/mol. The molecule has 0 fully saturated rings. The highest BCUT2D eigenvalue weighted by Crippen LogP contribution is 2.24. The third-order valence-corrected chi connectivity index (χ3v) is 2.79. The summed E-state index contributed by atoms with van der Waals surface area (Å²) in [6.07, 6.45) is 0.